The molecule has 0 saturated heterocycles. The van der Waals surface area contributed by atoms with Crippen LogP contribution in [0.25, 0.3) is 27.3 Å². The van der Waals surface area contributed by atoms with Crippen LogP contribution in [0.2, 0.25) is 0 Å². The van der Waals surface area contributed by atoms with E-state index in [0.29, 0.717) is 19.5 Å². The lowest BCUT2D eigenvalue weighted by Crippen LogP contribution is -2.36. The van der Waals surface area contributed by atoms with E-state index in [0.717, 1.165) is 58.5 Å². The molecule has 42 heavy (non-hydrogen) atoms. The summed E-state index contributed by atoms with van der Waals surface area (Å²) in [6.45, 7) is 6.87. The highest BCUT2D eigenvalue weighted by molar-refractivity contribution is 8.03. The fourth-order valence-electron chi connectivity index (χ4n) is 5.03. The zero-order chi connectivity index (χ0) is 30.2. The minimum Gasteiger partial charge on any atom is -0.748 e. The summed E-state index contributed by atoms with van der Waals surface area (Å²) in [6.07, 6.45) is 6.88. The van der Waals surface area contributed by atoms with Gasteiger partial charge in [-0.3, -0.25) is 0 Å². The molecule has 0 saturated carbocycles. The number of allylic oxidation sites excluding steroid dienone is 2. The number of anilines is 1. The van der Waals surface area contributed by atoms with Crippen molar-refractivity contribution >= 4 is 76.3 Å². The standard InChI is InChI=1S/C29H32N2O7S4/c1-4-21(17-27-30(10-5-13-41(32,33)34)23-15-19(2)20(3)16-26(23)40-27)18-28-31(11-6-14-42(35,36)37)29-22-9-12-38-24(22)7-8-25(29)39-28/h7-9,12,15-18H,4-6,10-11,13-14H2,1-3H3,(H-,32,33,34,35,36,37)/p-1. The van der Waals surface area contributed by atoms with Gasteiger partial charge in [0.2, 0.25) is 5.52 Å². The number of thiazole rings is 1. The van der Waals surface area contributed by atoms with Crippen molar-refractivity contribution in [2.45, 2.75) is 51.5 Å². The molecule has 0 amide bonds. The summed E-state index contributed by atoms with van der Waals surface area (Å²) < 4.78 is 76.6. The summed E-state index contributed by atoms with van der Waals surface area (Å²) in [5.41, 5.74) is 5.94. The Kier molecular flexibility index (Phi) is 8.89. The van der Waals surface area contributed by atoms with Crippen LogP contribution in [0, 0.1) is 13.8 Å². The summed E-state index contributed by atoms with van der Waals surface area (Å²) in [4.78, 5) is 3.15. The SMILES string of the molecule is CCC(/C=C1\Sc2cc(C)c(C)cc2N1CCCS(=O)(=O)[O-])=C\c1sc2ccc3occc3c2[n+]1CCCS(=O)(=O)[O-]. The summed E-state index contributed by atoms with van der Waals surface area (Å²) >= 11 is 3.19. The van der Waals surface area contributed by atoms with E-state index in [4.69, 9.17) is 4.42 Å². The van der Waals surface area contributed by atoms with Gasteiger partial charge in [-0.25, -0.2) is 16.8 Å². The first kappa shape index (κ1) is 30.8. The zero-order valence-corrected chi connectivity index (χ0v) is 26.7. The molecule has 3 heterocycles. The molecule has 9 nitrogen and oxygen atoms in total. The van der Waals surface area contributed by atoms with Gasteiger partial charge >= 0.3 is 0 Å². The maximum Gasteiger partial charge on any atom is 0.263 e. The first-order chi connectivity index (χ1) is 19.8. The number of aromatic nitrogens is 1. The monoisotopic (exact) mass is 647 g/mol. The molecule has 13 heteroatoms. The van der Waals surface area contributed by atoms with E-state index in [1.165, 1.54) is 0 Å². The van der Waals surface area contributed by atoms with Crippen molar-refractivity contribution in [3.8, 4) is 0 Å². The number of hydrogen-bond donors (Lipinski definition) is 0. The second-order valence-corrected chi connectivity index (χ2v) is 15.5. The predicted octanol–water partition coefficient (Wildman–Crippen LogP) is 5.67. The smallest absolute Gasteiger partial charge is 0.263 e. The van der Waals surface area contributed by atoms with E-state index < -0.39 is 31.7 Å². The van der Waals surface area contributed by atoms with E-state index in [9.17, 15) is 25.9 Å². The molecule has 0 spiro atoms. The highest BCUT2D eigenvalue weighted by Gasteiger charge is 2.27. The van der Waals surface area contributed by atoms with E-state index >= 15 is 0 Å². The van der Waals surface area contributed by atoms with Crippen molar-refractivity contribution in [1.82, 2.24) is 0 Å². The number of furan rings is 1. The largest absolute Gasteiger partial charge is 0.748 e. The minimum atomic E-state index is -4.34. The topological polar surface area (TPSA) is 135 Å². The molecule has 0 radical (unpaired) electrons. The summed E-state index contributed by atoms with van der Waals surface area (Å²) in [6, 6.07) is 10.0. The average Bonchev–Trinajstić information content (AvgIpc) is 3.59. The molecule has 2 aromatic carbocycles. The fraction of sp³-hybridized carbons (Fsp3) is 0.345. The van der Waals surface area contributed by atoms with Crippen LogP contribution < -0.4 is 9.47 Å². The van der Waals surface area contributed by atoms with Gasteiger partial charge in [0, 0.05) is 35.4 Å². The number of nitrogens with zero attached hydrogens (tertiary/aromatic N) is 2. The van der Waals surface area contributed by atoms with E-state index in [1.807, 2.05) is 32.0 Å². The van der Waals surface area contributed by atoms with Crippen LogP contribution in [0.4, 0.5) is 5.69 Å². The van der Waals surface area contributed by atoms with Crippen LogP contribution in [0.1, 0.15) is 42.3 Å². The number of benzene rings is 2. The van der Waals surface area contributed by atoms with E-state index in [-0.39, 0.29) is 12.8 Å². The van der Waals surface area contributed by atoms with E-state index in [1.54, 1.807) is 29.4 Å². The van der Waals surface area contributed by atoms with Crippen LogP contribution in [0.5, 0.6) is 0 Å². The number of fused-ring (bicyclic) bond motifs is 4. The van der Waals surface area contributed by atoms with Crippen molar-refractivity contribution in [2.24, 2.45) is 0 Å². The minimum absolute atomic E-state index is 0.181. The molecule has 5 rings (SSSR count). The number of thioether (sulfide) groups is 1. The Labute approximate surface area is 254 Å². The Bertz CT molecular complexity index is 1940. The predicted molar refractivity (Wildman–Crippen MR) is 166 cm³/mol. The third-order valence-electron chi connectivity index (χ3n) is 7.24. The molecule has 0 N–H and O–H groups in total. The number of hydrogen-bond acceptors (Lipinski definition) is 10. The van der Waals surface area contributed by atoms with Gasteiger partial charge < -0.3 is 18.4 Å². The first-order valence-electron chi connectivity index (χ1n) is 13.5. The second kappa shape index (κ2) is 12.1. The molecule has 0 atom stereocenters. The van der Waals surface area contributed by atoms with Crippen LogP contribution in [-0.2, 0) is 26.8 Å². The lowest BCUT2D eigenvalue weighted by molar-refractivity contribution is -0.667. The Balaban J connectivity index is 1.56. The van der Waals surface area contributed by atoms with Crippen molar-refractivity contribution < 1.29 is 34.9 Å². The van der Waals surface area contributed by atoms with Crippen LogP contribution in [0.15, 0.2) is 62.6 Å². The molecule has 0 unspecified atom stereocenters. The fourth-order valence-corrected chi connectivity index (χ4v) is 8.42. The Morgan fingerprint density at radius 2 is 1.74 bits per heavy atom. The average molecular weight is 648 g/mol. The van der Waals surface area contributed by atoms with Crippen molar-refractivity contribution in [3.63, 3.8) is 0 Å². The quantitative estimate of drug-likeness (QED) is 0.149. The van der Waals surface area contributed by atoms with Gasteiger partial charge in [-0.2, -0.15) is 4.57 Å². The van der Waals surface area contributed by atoms with Crippen LogP contribution >= 0.6 is 23.1 Å². The van der Waals surface area contributed by atoms with Gasteiger partial charge in [-0.05, 0) is 79.8 Å². The maximum atomic E-state index is 11.3. The number of rotatable bonds is 11. The molecule has 0 bridgehead atoms. The van der Waals surface area contributed by atoms with Crippen LogP contribution in [-0.4, -0.2) is 44.0 Å². The second-order valence-electron chi connectivity index (χ2n) is 10.3. The highest BCUT2D eigenvalue weighted by atomic mass is 32.2. The van der Waals surface area contributed by atoms with Crippen LogP contribution in [0.3, 0.4) is 0 Å². The molecule has 0 fully saturated rings. The Morgan fingerprint density at radius 1 is 1.02 bits per heavy atom. The Morgan fingerprint density at radius 3 is 2.45 bits per heavy atom. The van der Waals surface area contributed by atoms with Gasteiger partial charge in [-0.1, -0.05) is 30.0 Å². The molecule has 1 aliphatic rings. The molecular formula is C29H31N2O7S4-. The number of aryl methyl sites for hydroxylation is 3. The molecule has 0 aliphatic carbocycles. The summed E-state index contributed by atoms with van der Waals surface area (Å²) in [5.74, 6) is -0.879. The molecule has 4 aromatic rings. The molecule has 224 valence electrons. The third kappa shape index (κ3) is 6.92. The summed E-state index contributed by atoms with van der Waals surface area (Å²) in [7, 11) is -8.66. The third-order valence-corrected chi connectivity index (χ3v) is 11.0. The maximum absolute atomic E-state index is 11.3. The summed E-state index contributed by atoms with van der Waals surface area (Å²) in [5, 5.41) is 2.76. The molecular weight excluding hydrogens is 617 g/mol. The van der Waals surface area contributed by atoms with Crippen molar-refractivity contribution in [1.29, 1.82) is 0 Å². The van der Waals surface area contributed by atoms with Crippen molar-refractivity contribution in [3.05, 3.63) is 69.4 Å². The van der Waals surface area contributed by atoms with E-state index in [2.05, 4.69) is 40.7 Å². The van der Waals surface area contributed by atoms with Gasteiger partial charge in [-0.15, -0.1) is 0 Å². The van der Waals surface area contributed by atoms with Gasteiger partial charge in [0.15, 0.2) is 6.54 Å². The lowest BCUT2D eigenvalue weighted by atomic mass is 10.1. The van der Waals surface area contributed by atoms with Crippen molar-refractivity contribution in [2.75, 3.05) is 23.0 Å². The molecule has 2 aromatic heterocycles. The highest BCUT2D eigenvalue weighted by Crippen LogP contribution is 2.47. The lowest BCUT2D eigenvalue weighted by Gasteiger charge is -2.22. The Hall–Kier alpha value is -2.68. The van der Waals surface area contributed by atoms with Gasteiger partial charge in [0.05, 0.1) is 42.6 Å². The van der Waals surface area contributed by atoms with Gasteiger partial charge in [0.25, 0.3) is 5.01 Å². The first-order valence-corrected chi connectivity index (χ1v) is 18.3. The normalized spacial score (nSPS) is 15.4. The molecule has 1 aliphatic heterocycles. The van der Waals surface area contributed by atoms with Gasteiger partial charge in [0.1, 0.15) is 10.3 Å². The zero-order valence-electron chi connectivity index (χ0n) is 23.5.